The second-order valence-corrected chi connectivity index (χ2v) is 6.18. The largest absolute Gasteiger partial charge is 0.484 e. The van der Waals surface area contributed by atoms with E-state index in [9.17, 15) is 18.0 Å². The number of benzene rings is 1. The van der Waals surface area contributed by atoms with Gasteiger partial charge in [0.15, 0.2) is 6.61 Å². The second-order valence-electron chi connectivity index (χ2n) is 6.18. The molecule has 1 aromatic carbocycles. The molecule has 0 aliphatic rings. The first-order valence-corrected chi connectivity index (χ1v) is 8.45. The number of urea groups is 1. The summed E-state index contributed by atoms with van der Waals surface area (Å²) in [6.07, 6.45) is -3.69. The minimum absolute atomic E-state index is 0.128. The maximum atomic E-state index is 12.1. The molecule has 2 rings (SSSR count). The number of hydrogen-bond donors (Lipinski definition) is 2. The van der Waals surface area contributed by atoms with Gasteiger partial charge in [-0.2, -0.15) is 18.3 Å². The van der Waals surface area contributed by atoms with E-state index in [0.717, 1.165) is 22.5 Å². The molecule has 27 heavy (non-hydrogen) atoms. The van der Waals surface area contributed by atoms with Crippen molar-refractivity contribution in [2.24, 2.45) is 7.05 Å². The molecule has 148 valence electrons. The smallest absolute Gasteiger partial charge is 0.422 e. The molecule has 0 atom stereocenters. The predicted octanol–water partition coefficient (Wildman–Crippen LogP) is 3.02. The zero-order chi connectivity index (χ0) is 20.0. The fourth-order valence-corrected chi connectivity index (χ4v) is 2.59. The highest BCUT2D eigenvalue weighted by Gasteiger charge is 2.28. The molecule has 1 aromatic heterocycles. The number of ether oxygens (including phenoxy) is 1. The van der Waals surface area contributed by atoms with Gasteiger partial charge in [-0.05, 0) is 43.5 Å². The maximum absolute atomic E-state index is 12.1. The van der Waals surface area contributed by atoms with Crippen LogP contribution in [0.5, 0.6) is 5.75 Å². The monoisotopic (exact) mass is 384 g/mol. The van der Waals surface area contributed by atoms with Gasteiger partial charge in [-0.1, -0.05) is 12.1 Å². The van der Waals surface area contributed by atoms with Crippen LogP contribution in [0, 0.1) is 13.8 Å². The molecule has 0 radical (unpaired) electrons. The van der Waals surface area contributed by atoms with Gasteiger partial charge >= 0.3 is 12.2 Å². The van der Waals surface area contributed by atoms with Crippen LogP contribution in [0.15, 0.2) is 24.3 Å². The molecule has 0 aliphatic carbocycles. The summed E-state index contributed by atoms with van der Waals surface area (Å²) in [7, 11) is 1.88. The summed E-state index contributed by atoms with van der Waals surface area (Å²) in [4.78, 5) is 11.9. The number of nitrogens with zero attached hydrogens (tertiary/aromatic N) is 2. The molecule has 0 aliphatic heterocycles. The Bertz CT molecular complexity index is 770. The average Bonchev–Trinajstić information content (AvgIpc) is 2.84. The zero-order valence-electron chi connectivity index (χ0n) is 15.5. The van der Waals surface area contributed by atoms with Crippen LogP contribution in [0.1, 0.15) is 22.5 Å². The Hall–Kier alpha value is -2.71. The number of nitrogens with one attached hydrogen (secondary N) is 2. The van der Waals surface area contributed by atoms with Crippen LogP contribution >= 0.6 is 0 Å². The van der Waals surface area contributed by atoms with Crippen LogP contribution < -0.4 is 15.4 Å². The zero-order valence-corrected chi connectivity index (χ0v) is 15.5. The number of rotatable bonds is 7. The Labute approximate surface area is 155 Å². The molecule has 0 bridgehead atoms. The van der Waals surface area contributed by atoms with Crippen LogP contribution in [0.2, 0.25) is 0 Å². The standard InChI is InChI=1S/C18H23F3N4O2/c1-12-16(13(2)25(3)24-12)8-9-22-17(26)23-10-14-4-6-15(7-5-14)27-11-18(19,20)21/h4-7H,8-11H2,1-3H3,(H2,22,23,26). The van der Waals surface area contributed by atoms with Gasteiger partial charge in [-0.25, -0.2) is 4.79 Å². The van der Waals surface area contributed by atoms with E-state index >= 15 is 0 Å². The summed E-state index contributed by atoms with van der Waals surface area (Å²) in [6, 6.07) is 5.78. The lowest BCUT2D eigenvalue weighted by Gasteiger charge is -2.10. The number of aryl methyl sites for hydroxylation is 2. The average molecular weight is 384 g/mol. The fraction of sp³-hybridized carbons (Fsp3) is 0.444. The van der Waals surface area contributed by atoms with Gasteiger partial charge in [-0.3, -0.25) is 4.68 Å². The molecule has 0 fully saturated rings. The van der Waals surface area contributed by atoms with Gasteiger partial charge in [0.1, 0.15) is 5.75 Å². The van der Waals surface area contributed by atoms with E-state index < -0.39 is 12.8 Å². The summed E-state index contributed by atoms with van der Waals surface area (Å²) >= 11 is 0. The van der Waals surface area contributed by atoms with Crippen molar-refractivity contribution in [2.75, 3.05) is 13.2 Å². The first kappa shape index (κ1) is 20.6. The molecule has 2 amide bonds. The van der Waals surface area contributed by atoms with Gasteiger partial charge in [0, 0.05) is 25.8 Å². The van der Waals surface area contributed by atoms with E-state index in [1.807, 2.05) is 25.6 Å². The number of hydrogen-bond acceptors (Lipinski definition) is 3. The van der Waals surface area contributed by atoms with E-state index in [0.29, 0.717) is 13.0 Å². The lowest BCUT2D eigenvalue weighted by molar-refractivity contribution is -0.153. The van der Waals surface area contributed by atoms with Crippen LogP contribution in [0.3, 0.4) is 0 Å². The molecule has 0 saturated carbocycles. The lowest BCUT2D eigenvalue weighted by atomic mass is 10.1. The number of amides is 2. The topological polar surface area (TPSA) is 68.2 Å². The normalized spacial score (nSPS) is 11.3. The van der Waals surface area contributed by atoms with Crippen molar-refractivity contribution in [3.05, 3.63) is 46.8 Å². The molecule has 0 spiro atoms. The molecular weight excluding hydrogens is 361 g/mol. The van der Waals surface area contributed by atoms with Crippen molar-refractivity contribution < 1.29 is 22.7 Å². The number of carbonyl (C=O) groups is 1. The van der Waals surface area contributed by atoms with Crippen LogP contribution in [0.25, 0.3) is 0 Å². The highest BCUT2D eigenvalue weighted by Crippen LogP contribution is 2.18. The number of alkyl halides is 3. The molecule has 6 nitrogen and oxygen atoms in total. The quantitative estimate of drug-likeness (QED) is 0.771. The van der Waals surface area contributed by atoms with Gasteiger partial charge in [0.05, 0.1) is 5.69 Å². The second kappa shape index (κ2) is 8.79. The third kappa shape index (κ3) is 6.50. The maximum Gasteiger partial charge on any atom is 0.422 e. The molecule has 0 saturated heterocycles. The van der Waals surface area contributed by atoms with E-state index in [4.69, 9.17) is 0 Å². The third-order valence-corrected chi connectivity index (χ3v) is 4.10. The van der Waals surface area contributed by atoms with Crippen LogP contribution in [0.4, 0.5) is 18.0 Å². The molecule has 2 N–H and O–H groups in total. The number of carbonyl (C=O) groups excluding carboxylic acids is 1. The molecule has 0 unspecified atom stereocenters. The van der Waals surface area contributed by atoms with Gasteiger partial charge in [-0.15, -0.1) is 0 Å². The van der Waals surface area contributed by atoms with Gasteiger partial charge in [0.25, 0.3) is 0 Å². The van der Waals surface area contributed by atoms with Crippen LogP contribution in [-0.4, -0.2) is 35.1 Å². The molecule has 1 heterocycles. The Morgan fingerprint density at radius 2 is 1.85 bits per heavy atom. The van der Waals surface area contributed by atoms with Crippen molar-refractivity contribution in [3.8, 4) is 5.75 Å². The summed E-state index contributed by atoms with van der Waals surface area (Å²) in [6.45, 7) is 3.32. The van der Waals surface area contributed by atoms with E-state index in [1.54, 1.807) is 12.1 Å². The Kier molecular flexibility index (Phi) is 6.70. The minimum atomic E-state index is -4.37. The van der Waals surface area contributed by atoms with Crippen molar-refractivity contribution in [1.29, 1.82) is 0 Å². The van der Waals surface area contributed by atoms with Gasteiger partial charge in [0.2, 0.25) is 0 Å². The van der Waals surface area contributed by atoms with Crippen molar-refractivity contribution in [3.63, 3.8) is 0 Å². The summed E-state index contributed by atoms with van der Waals surface area (Å²) < 4.78 is 42.8. The first-order valence-electron chi connectivity index (χ1n) is 8.45. The first-order chi connectivity index (χ1) is 12.7. The van der Waals surface area contributed by atoms with Crippen molar-refractivity contribution >= 4 is 6.03 Å². The fourth-order valence-electron chi connectivity index (χ4n) is 2.59. The lowest BCUT2D eigenvalue weighted by Crippen LogP contribution is -2.36. The minimum Gasteiger partial charge on any atom is -0.484 e. The molecule has 9 heteroatoms. The van der Waals surface area contributed by atoms with Crippen molar-refractivity contribution in [2.45, 2.75) is 33.0 Å². The molecular formula is C18H23F3N4O2. The Morgan fingerprint density at radius 3 is 2.41 bits per heavy atom. The van der Waals surface area contributed by atoms with Crippen molar-refractivity contribution in [1.82, 2.24) is 20.4 Å². The van der Waals surface area contributed by atoms with E-state index in [-0.39, 0.29) is 18.3 Å². The predicted molar refractivity (Wildman–Crippen MR) is 94.6 cm³/mol. The summed E-state index contributed by atoms with van der Waals surface area (Å²) in [5, 5.41) is 9.81. The number of aromatic nitrogens is 2. The highest BCUT2D eigenvalue weighted by molar-refractivity contribution is 5.73. The number of halogens is 3. The van der Waals surface area contributed by atoms with E-state index in [1.165, 1.54) is 12.1 Å². The van der Waals surface area contributed by atoms with Crippen LogP contribution in [-0.2, 0) is 20.0 Å². The SMILES string of the molecule is Cc1nn(C)c(C)c1CCNC(=O)NCc1ccc(OCC(F)(F)F)cc1. The molecule has 2 aromatic rings. The Morgan fingerprint density at radius 1 is 1.19 bits per heavy atom. The summed E-state index contributed by atoms with van der Waals surface area (Å²) in [5.74, 6) is 0.128. The van der Waals surface area contributed by atoms with Gasteiger partial charge < -0.3 is 15.4 Å². The highest BCUT2D eigenvalue weighted by atomic mass is 19.4. The third-order valence-electron chi connectivity index (χ3n) is 4.10. The Balaban J connectivity index is 1.72. The van der Waals surface area contributed by atoms with E-state index in [2.05, 4.69) is 20.5 Å². The summed E-state index contributed by atoms with van der Waals surface area (Å²) in [5.41, 5.74) is 3.89.